The number of phenols is 1. The van der Waals surface area contributed by atoms with Crippen molar-refractivity contribution in [3.8, 4) is 11.5 Å². The van der Waals surface area contributed by atoms with Crippen molar-refractivity contribution in [3.05, 3.63) is 23.8 Å². The van der Waals surface area contributed by atoms with Crippen LogP contribution in [0, 0.1) is 0 Å². The summed E-state index contributed by atoms with van der Waals surface area (Å²) < 4.78 is 20.6. The van der Waals surface area contributed by atoms with Gasteiger partial charge in [0.1, 0.15) is 0 Å². The Labute approximate surface area is 79.9 Å². The molecule has 0 aromatic heterocycles. The summed E-state index contributed by atoms with van der Waals surface area (Å²) in [5.74, 6) is -0.891. The van der Waals surface area contributed by atoms with Gasteiger partial charge >= 0.3 is 5.97 Å². The maximum absolute atomic E-state index is 11.8. The molecule has 0 atom stereocenters. The number of alkyl halides is 1. The van der Waals surface area contributed by atoms with Gasteiger partial charge in [-0.15, -0.1) is 0 Å². The first kappa shape index (κ1) is 10.3. The van der Waals surface area contributed by atoms with Crippen molar-refractivity contribution in [1.29, 1.82) is 0 Å². The summed E-state index contributed by atoms with van der Waals surface area (Å²) >= 11 is 0. The molecule has 0 spiro atoms. The lowest BCUT2D eigenvalue weighted by molar-refractivity contribution is 0.0600. The molecule has 76 valence electrons. The van der Waals surface area contributed by atoms with Crippen molar-refractivity contribution >= 4 is 5.97 Å². The number of carbonyl (C=O) groups is 1. The topological polar surface area (TPSA) is 55.8 Å². The van der Waals surface area contributed by atoms with E-state index >= 15 is 0 Å². The number of aromatic hydroxyl groups is 1. The SMILES string of the molecule is COC(=O)c1ccc(OCF)c(O)c1. The highest BCUT2D eigenvalue weighted by Gasteiger charge is 2.09. The predicted octanol–water partition coefficient (Wildman–Crippen LogP) is 1.48. The molecule has 0 radical (unpaired) electrons. The molecule has 0 bridgehead atoms. The molecule has 0 saturated carbocycles. The average molecular weight is 200 g/mol. The molecular formula is C9H9FO4. The number of esters is 1. The van der Waals surface area contributed by atoms with E-state index < -0.39 is 12.8 Å². The van der Waals surface area contributed by atoms with E-state index in [9.17, 15) is 14.3 Å². The van der Waals surface area contributed by atoms with E-state index in [1.807, 2.05) is 0 Å². The van der Waals surface area contributed by atoms with Crippen LogP contribution in [0.3, 0.4) is 0 Å². The molecule has 0 saturated heterocycles. The van der Waals surface area contributed by atoms with Crippen LogP contribution in [0.5, 0.6) is 11.5 Å². The Morgan fingerprint density at radius 3 is 2.79 bits per heavy atom. The fraction of sp³-hybridized carbons (Fsp3) is 0.222. The van der Waals surface area contributed by atoms with Gasteiger partial charge < -0.3 is 14.6 Å². The number of carbonyl (C=O) groups excluding carboxylic acids is 1. The molecule has 14 heavy (non-hydrogen) atoms. The van der Waals surface area contributed by atoms with Gasteiger partial charge in [0.2, 0.25) is 6.86 Å². The van der Waals surface area contributed by atoms with Gasteiger partial charge in [0, 0.05) is 0 Å². The first-order valence-electron chi connectivity index (χ1n) is 3.79. The fourth-order valence-electron chi connectivity index (χ4n) is 0.943. The zero-order valence-corrected chi connectivity index (χ0v) is 7.49. The van der Waals surface area contributed by atoms with E-state index in [1.54, 1.807) is 0 Å². The third-order valence-corrected chi connectivity index (χ3v) is 1.59. The van der Waals surface area contributed by atoms with Gasteiger partial charge in [-0.1, -0.05) is 0 Å². The Morgan fingerprint density at radius 1 is 1.57 bits per heavy atom. The van der Waals surface area contributed by atoms with Gasteiger partial charge in [0.05, 0.1) is 12.7 Å². The average Bonchev–Trinajstić information content (AvgIpc) is 2.20. The molecule has 1 aromatic carbocycles. The molecule has 0 fully saturated rings. The zero-order chi connectivity index (χ0) is 10.6. The highest BCUT2D eigenvalue weighted by Crippen LogP contribution is 2.26. The fourth-order valence-corrected chi connectivity index (χ4v) is 0.943. The lowest BCUT2D eigenvalue weighted by atomic mass is 10.2. The Balaban J connectivity index is 2.94. The smallest absolute Gasteiger partial charge is 0.337 e. The Morgan fingerprint density at radius 2 is 2.29 bits per heavy atom. The van der Waals surface area contributed by atoms with Crippen LogP contribution in [0.15, 0.2) is 18.2 Å². The molecule has 0 amide bonds. The largest absolute Gasteiger partial charge is 0.504 e. The highest BCUT2D eigenvalue weighted by molar-refractivity contribution is 5.90. The molecule has 1 aromatic rings. The van der Waals surface area contributed by atoms with Crippen molar-refractivity contribution in [1.82, 2.24) is 0 Å². The van der Waals surface area contributed by atoms with Crippen molar-refractivity contribution in [2.24, 2.45) is 0 Å². The van der Waals surface area contributed by atoms with Gasteiger partial charge in [0.25, 0.3) is 0 Å². The minimum absolute atomic E-state index is 0.0137. The van der Waals surface area contributed by atoms with Crippen LogP contribution in [0.4, 0.5) is 4.39 Å². The Kier molecular flexibility index (Phi) is 3.28. The van der Waals surface area contributed by atoms with E-state index in [0.29, 0.717) is 0 Å². The second-order valence-corrected chi connectivity index (χ2v) is 2.43. The van der Waals surface area contributed by atoms with E-state index in [2.05, 4.69) is 9.47 Å². The number of hydrogen-bond donors (Lipinski definition) is 1. The highest BCUT2D eigenvalue weighted by atomic mass is 19.1. The quantitative estimate of drug-likeness (QED) is 0.751. The zero-order valence-electron chi connectivity index (χ0n) is 7.49. The summed E-state index contributed by atoms with van der Waals surface area (Å²) in [6.45, 7) is -1.04. The third kappa shape index (κ3) is 2.12. The number of phenolic OH excluding ortho intramolecular Hbond substituents is 1. The van der Waals surface area contributed by atoms with Crippen LogP contribution in [0.1, 0.15) is 10.4 Å². The van der Waals surface area contributed by atoms with E-state index in [-0.39, 0.29) is 17.1 Å². The molecule has 0 unspecified atom stereocenters. The van der Waals surface area contributed by atoms with Crippen molar-refractivity contribution < 1.29 is 23.8 Å². The van der Waals surface area contributed by atoms with Crippen molar-refractivity contribution in [3.63, 3.8) is 0 Å². The number of methoxy groups -OCH3 is 1. The second kappa shape index (κ2) is 4.45. The Hall–Kier alpha value is -1.78. The minimum atomic E-state index is -1.04. The van der Waals surface area contributed by atoms with Crippen LogP contribution < -0.4 is 4.74 Å². The van der Waals surface area contributed by atoms with Gasteiger partial charge in [-0.2, -0.15) is 0 Å². The summed E-state index contributed by atoms with van der Waals surface area (Å²) in [7, 11) is 1.23. The van der Waals surface area contributed by atoms with Gasteiger partial charge in [-0.25, -0.2) is 9.18 Å². The monoisotopic (exact) mass is 200 g/mol. The summed E-state index contributed by atoms with van der Waals surface area (Å²) in [5.41, 5.74) is 0.177. The first-order valence-corrected chi connectivity index (χ1v) is 3.79. The number of benzene rings is 1. The third-order valence-electron chi connectivity index (χ3n) is 1.59. The maximum atomic E-state index is 11.8. The summed E-state index contributed by atoms with van der Waals surface area (Å²) in [5, 5.41) is 9.27. The number of ether oxygens (including phenoxy) is 2. The molecule has 0 aliphatic carbocycles. The van der Waals surface area contributed by atoms with Gasteiger partial charge in [-0.05, 0) is 18.2 Å². The van der Waals surface area contributed by atoms with Crippen LogP contribution >= 0.6 is 0 Å². The standard InChI is InChI=1S/C9H9FO4/c1-13-9(12)6-2-3-8(14-5-10)7(11)4-6/h2-4,11H,5H2,1H3. The van der Waals surface area contributed by atoms with Crippen LogP contribution in [0.2, 0.25) is 0 Å². The minimum Gasteiger partial charge on any atom is -0.504 e. The van der Waals surface area contributed by atoms with E-state index in [4.69, 9.17) is 0 Å². The van der Waals surface area contributed by atoms with E-state index in [0.717, 1.165) is 6.07 Å². The lowest BCUT2D eigenvalue weighted by Gasteiger charge is -2.05. The molecule has 1 rings (SSSR count). The van der Waals surface area contributed by atoms with Crippen molar-refractivity contribution in [2.75, 3.05) is 14.0 Å². The Bertz CT molecular complexity index is 338. The predicted molar refractivity (Wildman–Crippen MR) is 46.0 cm³/mol. The second-order valence-electron chi connectivity index (χ2n) is 2.43. The molecule has 0 aliphatic rings. The maximum Gasteiger partial charge on any atom is 0.337 e. The van der Waals surface area contributed by atoms with Crippen LogP contribution in [-0.2, 0) is 4.74 Å². The number of rotatable bonds is 3. The summed E-state index contributed by atoms with van der Waals surface area (Å²) in [6.07, 6.45) is 0. The van der Waals surface area contributed by atoms with Crippen LogP contribution in [0.25, 0.3) is 0 Å². The van der Waals surface area contributed by atoms with Crippen molar-refractivity contribution in [2.45, 2.75) is 0 Å². The molecule has 1 N–H and O–H groups in total. The number of hydrogen-bond acceptors (Lipinski definition) is 4. The molecule has 5 heteroatoms. The normalized spacial score (nSPS) is 9.57. The molecule has 0 aliphatic heterocycles. The summed E-state index contributed by atoms with van der Waals surface area (Å²) in [4.78, 5) is 11.0. The lowest BCUT2D eigenvalue weighted by Crippen LogP contribution is -2.01. The van der Waals surface area contributed by atoms with Gasteiger partial charge in [-0.3, -0.25) is 0 Å². The molecule has 0 heterocycles. The number of halogens is 1. The molecular weight excluding hydrogens is 191 g/mol. The first-order chi connectivity index (χ1) is 6.69. The van der Waals surface area contributed by atoms with Crippen LogP contribution in [-0.4, -0.2) is 25.0 Å². The summed E-state index contributed by atoms with van der Waals surface area (Å²) in [6, 6.07) is 3.81. The van der Waals surface area contributed by atoms with E-state index in [1.165, 1.54) is 19.2 Å². The molecule has 4 nitrogen and oxygen atoms in total. The van der Waals surface area contributed by atoms with Gasteiger partial charge in [0.15, 0.2) is 11.5 Å².